The van der Waals surface area contributed by atoms with Gasteiger partial charge in [0.2, 0.25) is 0 Å². The zero-order valence-electron chi connectivity index (χ0n) is 9.84. The third-order valence-electron chi connectivity index (χ3n) is 2.40. The van der Waals surface area contributed by atoms with Crippen molar-refractivity contribution in [3.63, 3.8) is 0 Å². The summed E-state index contributed by atoms with van der Waals surface area (Å²) < 4.78 is 5.61. The van der Waals surface area contributed by atoms with E-state index in [1.54, 1.807) is 12.4 Å². The van der Waals surface area contributed by atoms with Gasteiger partial charge in [-0.15, -0.1) is 0 Å². The van der Waals surface area contributed by atoms with Gasteiger partial charge in [0.25, 0.3) is 0 Å². The fraction of sp³-hybridized carbons (Fsp3) is 0.308. The van der Waals surface area contributed by atoms with Crippen molar-refractivity contribution in [3.8, 4) is 6.07 Å². The quantitative estimate of drug-likeness (QED) is 0.808. The first-order chi connectivity index (χ1) is 8.20. The van der Waals surface area contributed by atoms with Crippen molar-refractivity contribution in [3.05, 3.63) is 47.4 Å². The molecule has 4 heteroatoms. The number of hydrogen-bond acceptors (Lipinski definition) is 4. The molecule has 0 aliphatic carbocycles. The van der Waals surface area contributed by atoms with Crippen LogP contribution in [0.15, 0.2) is 28.9 Å². The largest absolute Gasteiger partial charge is 0.444 e. The molecule has 86 valence electrons. The molecule has 2 aromatic heterocycles. The van der Waals surface area contributed by atoms with Crippen molar-refractivity contribution in [2.75, 3.05) is 0 Å². The Labute approximate surface area is 99.9 Å². The summed E-state index contributed by atoms with van der Waals surface area (Å²) in [5.74, 6) is 1.41. The number of oxazole rings is 1. The molecular weight excluding hydrogens is 214 g/mol. The molecule has 0 unspecified atom stereocenters. The van der Waals surface area contributed by atoms with E-state index in [-0.39, 0.29) is 5.92 Å². The van der Waals surface area contributed by atoms with Crippen LogP contribution in [0.4, 0.5) is 0 Å². The zero-order valence-corrected chi connectivity index (χ0v) is 9.84. The number of pyridine rings is 1. The Kier molecular flexibility index (Phi) is 3.20. The summed E-state index contributed by atoms with van der Waals surface area (Å²) in [5, 5.41) is 9.00. The Morgan fingerprint density at radius 1 is 1.47 bits per heavy atom. The highest BCUT2D eigenvalue weighted by atomic mass is 16.4. The van der Waals surface area contributed by atoms with E-state index < -0.39 is 0 Å². The fourth-order valence-corrected chi connectivity index (χ4v) is 1.51. The highest BCUT2D eigenvalue weighted by Gasteiger charge is 2.15. The van der Waals surface area contributed by atoms with Crippen LogP contribution >= 0.6 is 0 Å². The van der Waals surface area contributed by atoms with Crippen molar-refractivity contribution in [2.45, 2.75) is 26.2 Å². The van der Waals surface area contributed by atoms with E-state index in [1.165, 1.54) is 0 Å². The van der Waals surface area contributed by atoms with Crippen molar-refractivity contribution in [1.82, 2.24) is 9.97 Å². The van der Waals surface area contributed by atoms with Crippen LogP contribution in [0.3, 0.4) is 0 Å². The van der Waals surface area contributed by atoms with Gasteiger partial charge in [0.15, 0.2) is 11.6 Å². The number of aromatic nitrogens is 2. The Morgan fingerprint density at radius 2 is 2.29 bits per heavy atom. The summed E-state index contributed by atoms with van der Waals surface area (Å²) in [5.41, 5.74) is 1.38. The van der Waals surface area contributed by atoms with Crippen LogP contribution in [0.5, 0.6) is 0 Å². The average molecular weight is 227 g/mol. The van der Waals surface area contributed by atoms with Gasteiger partial charge in [0.05, 0.1) is 0 Å². The maximum atomic E-state index is 9.00. The van der Waals surface area contributed by atoms with Crippen molar-refractivity contribution < 1.29 is 4.42 Å². The molecule has 2 aromatic rings. The van der Waals surface area contributed by atoms with E-state index in [0.29, 0.717) is 23.8 Å². The highest BCUT2D eigenvalue weighted by Crippen LogP contribution is 2.20. The minimum atomic E-state index is 0.185. The van der Waals surface area contributed by atoms with E-state index in [2.05, 4.69) is 16.0 Å². The predicted molar refractivity (Wildman–Crippen MR) is 62.4 cm³/mol. The van der Waals surface area contributed by atoms with Crippen LogP contribution in [0.25, 0.3) is 0 Å². The van der Waals surface area contributed by atoms with Crippen LogP contribution in [0, 0.1) is 11.3 Å². The standard InChI is InChI=1S/C13H13N3O/c1-9(2)13-16-11(7-14)12(17-13)6-10-4-3-5-15-8-10/h3-5,8-9H,6H2,1-2H3. The molecule has 0 aromatic carbocycles. The third-order valence-corrected chi connectivity index (χ3v) is 2.40. The lowest BCUT2D eigenvalue weighted by Gasteiger charge is -1.98. The molecule has 0 saturated carbocycles. The van der Waals surface area contributed by atoms with E-state index in [4.69, 9.17) is 9.68 Å². The SMILES string of the molecule is CC(C)c1nc(C#N)c(Cc2cccnc2)o1. The Balaban J connectivity index is 2.30. The molecule has 4 nitrogen and oxygen atoms in total. The Hall–Kier alpha value is -2.15. The van der Waals surface area contributed by atoms with Crippen molar-refractivity contribution in [2.24, 2.45) is 0 Å². The topological polar surface area (TPSA) is 62.7 Å². The lowest BCUT2D eigenvalue weighted by atomic mass is 10.1. The maximum Gasteiger partial charge on any atom is 0.198 e. The second-order valence-corrected chi connectivity index (χ2v) is 4.13. The molecule has 2 heterocycles. The van der Waals surface area contributed by atoms with E-state index in [0.717, 1.165) is 5.56 Å². The summed E-state index contributed by atoms with van der Waals surface area (Å²) in [6.45, 7) is 3.97. The monoisotopic (exact) mass is 227 g/mol. The molecule has 0 N–H and O–H groups in total. The van der Waals surface area contributed by atoms with Crippen LogP contribution in [0.2, 0.25) is 0 Å². The first-order valence-corrected chi connectivity index (χ1v) is 5.49. The molecule has 0 amide bonds. The van der Waals surface area contributed by atoms with Gasteiger partial charge in [-0.1, -0.05) is 19.9 Å². The van der Waals surface area contributed by atoms with Gasteiger partial charge in [-0.05, 0) is 11.6 Å². The van der Waals surface area contributed by atoms with Gasteiger partial charge in [0.1, 0.15) is 11.8 Å². The summed E-state index contributed by atoms with van der Waals surface area (Å²) in [6.07, 6.45) is 4.03. The lowest BCUT2D eigenvalue weighted by Crippen LogP contribution is -1.89. The highest BCUT2D eigenvalue weighted by molar-refractivity contribution is 5.29. The summed E-state index contributed by atoms with van der Waals surface area (Å²) in [7, 11) is 0. The van der Waals surface area contributed by atoms with Crippen molar-refractivity contribution in [1.29, 1.82) is 5.26 Å². The molecular formula is C13H13N3O. The number of nitrogens with zero attached hydrogens (tertiary/aromatic N) is 3. The summed E-state index contributed by atoms with van der Waals surface area (Å²) in [4.78, 5) is 8.21. The summed E-state index contributed by atoms with van der Waals surface area (Å²) >= 11 is 0. The zero-order chi connectivity index (χ0) is 12.3. The predicted octanol–water partition coefficient (Wildman–Crippen LogP) is 2.66. The number of nitriles is 1. The minimum absolute atomic E-state index is 0.185. The maximum absolute atomic E-state index is 9.00. The van der Waals surface area contributed by atoms with Gasteiger partial charge in [-0.25, -0.2) is 4.98 Å². The molecule has 2 rings (SSSR count). The van der Waals surface area contributed by atoms with Gasteiger partial charge in [0, 0.05) is 24.7 Å². The second-order valence-electron chi connectivity index (χ2n) is 4.13. The smallest absolute Gasteiger partial charge is 0.198 e. The summed E-state index contributed by atoms with van der Waals surface area (Å²) in [6, 6.07) is 5.88. The molecule has 0 fully saturated rings. The lowest BCUT2D eigenvalue weighted by molar-refractivity contribution is 0.442. The normalized spacial score (nSPS) is 10.5. The molecule has 0 aliphatic rings. The molecule has 0 spiro atoms. The first kappa shape index (κ1) is 11.3. The molecule has 0 saturated heterocycles. The fourth-order valence-electron chi connectivity index (χ4n) is 1.51. The van der Waals surface area contributed by atoms with E-state index >= 15 is 0 Å². The molecule has 17 heavy (non-hydrogen) atoms. The first-order valence-electron chi connectivity index (χ1n) is 5.49. The number of rotatable bonds is 3. The van der Waals surface area contributed by atoms with Gasteiger partial charge < -0.3 is 4.42 Å². The molecule has 0 aliphatic heterocycles. The molecule has 0 bridgehead atoms. The average Bonchev–Trinajstić information content (AvgIpc) is 2.74. The Morgan fingerprint density at radius 3 is 2.88 bits per heavy atom. The third kappa shape index (κ3) is 2.51. The van der Waals surface area contributed by atoms with Crippen LogP contribution in [-0.2, 0) is 6.42 Å². The second kappa shape index (κ2) is 4.79. The van der Waals surface area contributed by atoms with Crippen LogP contribution in [0.1, 0.15) is 42.7 Å². The molecule has 0 radical (unpaired) electrons. The molecule has 0 atom stereocenters. The number of hydrogen-bond donors (Lipinski definition) is 0. The minimum Gasteiger partial charge on any atom is -0.444 e. The van der Waals surface area contributed by atoms with Gasteiger partial charge in [-0.3, -0.25) is 4.98 Å². The van der Waals surface area contributed by atoms with Crippen LogP contribution < -0.4 is 0 Å². The van der Waals surface area contributed by atoms with Crippen LogP contribution in [-0.4, -0.2) is 9.97 Å². The van der Waals surface area contributed by atoms with E-state index in [1.807, 2.05) is 26.0 Å². The van der Waals surface area contributed by atoms with Gasteiger partial charge in [-0.2, -0.15) is 5.26 Å². The van der Waals surface area contributed by atoms with Crippen molar-refractivity contribution >= 4 is 0 Å². The van der Waals surface area contributed by atoms with Gasteiger partial charge >= 0.3 is 0 Å². The van der Waals surface area contributed by atoms with E-state index in [9.17, 15) is 0 Å². The Bertz CT molecular complexity index is 538.